The Morgan fingerprint density at radius 2 is 1.64 bits per heavy atom. The summed E-state index contributed by atoms with van der Waals surface area (Å²) in [6.07, 6.45) is -5.30. The molecule has 4 nitrogen and oxygen atoms in total. The molecule has 1 unspecified atom stereocenters. The molecule has 0 radical (unpaired) electrons. The van der Waals surface area contributed by atoms with Crippen molar-refractivity contribution >= 4 is 5.97 Å². The van der Waals surface area contributed by atoms with Gasteiger partial charge >= 0.3 is 12.1 Å². The zero-order chi connectivity index (χ0) is 18.4. The second-order valence-corrected chi connectivity index (χ2v) is 5.08. The standard InChI is InChI=1S/C18H17F3O4/c1-3-23-17(22)12(2)24-13-8-10-14(11-9-13)25-16-7-5-4-6-15(16)18(19,20)21/h4-12H,3H2,1-2H3. The lowest BCUT2D eigenvalue weighted by molar-refractivity contribution is -0.150. The third-order valence-corrected chi connectivity index (χ3v) is 3.18. The van der Waals surface area contributed by atoms with Crippen molar-refractivity contribution in [3.05, 3.63) is 54.1 Å². The number of ether oxygens (including phenoxy) is 3. The molecule has 1 atom stereocenters. The fraction of sp³-hybridized carbons (Fsp3) is 0.278. The van der Waals surface area contributed by atoms with Gasteiger partial charge in [0, 0.05) is 0 Å². The van der Waals surface area contributed by atoms with Crippen LogP contribution in [0, 0.1) is 0 Å². The van der Waals surface area contributed by atoms with Crippen LogP contribution in [0.4, 0.5) is 13.2 Å². The highest BCUT2D eigenvalue weighted by Crippen LogP contribution is 2.38. The van der Waals surface area contributed by atoms with Gasteiger partial charge in [-0.25, -0.2) is 4.79 Å². The van der Waals surface area contributed by atoms with Crippen LogP contribution in [0.1, 0.15) is 19.4 Å². The van der Waals surface area contributed by atoms with Crippen molar-refractivity contribution < 1.29 is 32.2 Å². The van der Waals surface area contributed by atoms with Gasteiger partial charge in [0.25, 0.3) is 0 Å². The average Bonchev–Trinajstić information content (AvgIpc) is 2.56. The number of para-hydroxylation sites is 1. The Hall–Kier alpha value is -2.70. The maximum Gasteiger partial charge on any atom is 0.419 e. The lowest BCUT2D eigenvalue weighted by Gasteiger charge is -2.15. The first-order valence-corrected chi connectivity index (χ1v) is 7.58. The Bertz CT molecular complexity index is 711. The van der Waals surface area contributed by atoms with Crippen LogP contribution in [0.3, 0.4) is 0 Å². The van der Waals surface area contributed by atoms with Gasteiger partial charge in [-0.3, -0.25) is 0 Å². The number of halogens is 3. The fourth-order valence-electron chi connectivity index (χ4n) is 2.01. The molecule has 0 aromatic heterocycles. The van der Waals surface area contributed by atoms with E-state index in [1.54, 1.807) is 13.8 Å². The maximum atomic E-state index is 13.0. The largest absolute Gasteiger partial charge is 0.479 e. The Balaban J connectivity index is 2.08. The molecule has 0 heterocycles. The molecule has 0 bridgehead atoms. The van der Waals surface area contributed by atoms with E-state index < -0.39 is 23.8 Å². The molecule has 0 amide bonds. The summed E-state index contributed by atoms with van der Waals surface area (Å²) in [5.74, 6) is -0.199. The van der Waals surface area contributed by atoms with Gasteiger partial charge in [0.2, 0.25) is 0 Å². The van der Waals surface area contributed by atoms with E-state index in [0.717, 1.165) is 6.07 Å². The van der Waals surface area contributed by atoms with Crippen LogP contribution in [0.15, 0.2) is 48.5 Å². The normalized spacial score (nSPS) is 12.4. The summed E-state index contributed by atoms with van der Waals surface area (Å²) in [6, 6.07) is 10.9. The number of carbonyl (C=O) groups excluding carboxylic acids is 1. The second-order valence-electron chi connectivity index (χ2n) is 5.08. The molecule has 0 aliphatic rings. The lowest BCUT2D eigenvalue weighted by Crippen LogP contribution is -2.25. The third-order valence-electron chi connectivity index (χ3n) is 3.18. The molecular weight excluding hydrogens is 337 g/mol. The summed E-state index contributed by atoms with van der Waals surface area (Å²) in [5.41, 5.74) is -0.855. The molecule has 0 spiro atoms. The first-order valence-electron chi connectivity index (χ1n) is 7.58. The predicted molar refractivity (Wildman–Crippen MR) is 84.7 cm³/mol. The molecule has 0 aliphatic heterocycles. The molecule has 0 saturated carbocycles. The summed E-state index contributed by atoms with van der Waals surface area (Å²) < 4.78 is 54.4. The lowest BCUT2D eigenvalue weighted by atomic mass is 10.2. The van der Waals surface area contributed by atoms with Gasteiger partial charge in [-0.15, -0.1) is 0 Å². The van der Waals surface area contributed by atoms with E-state index in [-0.39, 0.29) is 18.1 Å². The maximum absolute atomic E-state index is 13.0. The van der Waals surface area contributed by atoms with E-state index in [9.17, 15) is 18.0 Å². The van der Waals surface area contributed by atoms with Gasteiger partial charge < -0.3 is 14.2 Å². The fourth-order valence-corrected chi connectivity index (χ4v) is 2.01. The molecule has 2 rings (SSSR count). The van der Waals surface area contributed by atoms with Crippen LogP contribution in [0.25, 0.3) is 0 Å². The van der Waals surface area contributed by atoms with Crippen LogP contribution in [0.5, 0.6) is 17.2 Å². The molecule has 0 fully saturated rings. The number of rotatable bonds is 6. The van der Waals surface area contributed by atoms with E-state index in [4.69, 9.17) is 14.2 Å². The first-order chi connectivity index (χ1) is 11.8. The second kappa shape index (κ2) is 7.92. The molecule has 0 saturated heterocycles. The van der Waals surface area contributed by atoms with Gasteiger partial charge in [0.1, 0.15) is 17.2 Å². The molecule has 7 heteroatoms. The highest BCUT2D eigenvalue weighted by Gasteiger charge is 2.34. The van der Waals surface area contributed by atoms with Crippen molar-refractivity contribution in [1.29, 1.82) is 0 Å². The van der Waals surface area contributed by atoms with Crippen molar-refractivity contribution in [1.82, 2.24) is 0 Å². The van der Waals surface area contributed by atoms with Gasteiger partial charge in [0.05, 0.1) is 12.2 Å². The van der Waals surface area contributed by atoms with E-state index in [2.05, 4.69) is 0 Å². The summed E-state index contributed by atoms with van der Waals surface area (Å²) in [6.45, 7) is 3.48. The highest BCUT2D eigenvalue weighted by molar-refractivity contribution is 5.74. The number of hydrogen-bond donors (Lipinski definition) is 0. The number of carbonyl (C=O) groups is 1. The van der Waals surface area contributed by atoms with Crippen LogP contribution < -0.4 is 9.47 Å². The minimum atomic E-state index is -4.51. The van der Waals surface area contributed by atoms with Crippen LogP contribution >= 0.6 is 0 Å². The molecule has 0 N–H and O–H groups in total. The number of esters is 1. The molecule has 2 aromatic rings. The van der Waals surface area contributed by atoms with Crippen LogP contribution in [-0.2, 0) is 15.7 Å². The Morgan fingerprint density at radius 3 is 2.24 bits per heavy atom. The molecule has 2 aromatic carbocycles. The van der Waals surface area contributed by atoms with Gasteiger partial charge in [-0.05, 0) is 50.2 Å². The van der Waals surface area contributed by atoms with Crippen LogP contribution in [-0.4, -0.2) is 18.7 Å². The smallest absolute Gasteiger partial charge is 0.419 e. The van der Waals surface area contributed by atoms with Crippen molar-refractivity contribution in [2.45, 2.75) is 26.1 Å². The Kier molecular flexibility index (Phi) is 5.90. The van der Waals surface area contributed by atoms with Gasteiger partial charge in [-0.2, -0.15) is 13.2 Å². The third kappa shape index (κ3) is 5.14. The quantitative estimate of drug-likeness (QED) is 0.697. The van der Waals surface area contributed by atoms with E-state index >= 15 is 0 Å². The van der Waals surface area contributed by atoms with Crippen molar-refractivity contribution in [3.8, 4) is 17.2 Å². The topological polar surface area (TPSA) is 44.8 Å². The zero-order valence-corrected chi connectivity index (χ0v) is 13.7. The summed E-state index contributed by atoms with van der Waals surface area (Å²) in [4.78, 5) is 11.5. The number of benzene rings is 2. The predicted octanol–water partition coefficient (Wildman–Crippen LogP) is 4.83. The Morgan fingerprint density at radius 1 is 1.04 bits per heavy atom. The monoisotopic (exact) mass is 354 g/mol. The van der Waals surface area contributed by atoms with E-state index in [1.807, 2.05) is 0 Å². The minimum Gasteiger partial charge on any atom is -0.479 e. The number of hydrogen-bond acceptors (Lipinski definition) is 4. The van der Waals surface area contributed by atoms with E-state index in [0.29, 0.717) is 5.75 Å². The minimum absolute atomic E-state index is 0.216. The van der Waals surface area contributed by atoms with Gasteiger partial charge in [-0.1, -0.05) is 12.1 Å². The summed E-state index contributed by atoms with van der Waals surface area (Å²) in [5, 5.41) is 0. The summed E-state index contributed by atoms with van der Waals surface area (Å²) in [7, 11) is 0. The molecule has 25 heavy (non-hydrogen) atoms. The van der Waals surface area contributed by atoms with Crippen molar-refractivity contribution in [2.24, 2.45) is 0 Å². The SMILES string of the molecule is CCOC(=O)C(C)Oc1ccc(Oc2ccccc2C(F)(F)F)cc1. The number of alkyl halides is 3. The molecule has 0 aliphatic carbocycles. The first kappa shape index (κ1) is 18.6. The van der Waals surface area contributed by atoms with Crippen molar-refractivity contribution in [2.75, 3.05) is 6.61 Å². The van der Waals surface area contributed by atoms with Gasteiger partial charge in [0.15, 0.2) is 6.10 Å². The Labute approximate surface area is 143 Å². The average molecular weight is 354 g/mol. The summed E-state index contributed by atoms with van der Waals surface area (Å²) >= 11 is 0. The van der Waals surface area contributed by atoms with Crippen molar-refractivity contribution in [3.63, 3.8) is 0 Å². The zero-order valence-electron chi connectivity index (χ0n) is 13.7. The highest BCUT2D eigenvalue weighted by atomic mass is 19.4. The molecule has 134 valence electrons. The van der Waals surface area contributed by atoms with Crippen LogP contribution in [0.2, 0.25) is 0 Å². The van der Waals surface area contributed by atoms with E-state index in [1.165, 1.54) is 42.5 Å². The molecular formula is C18H17F3O4.